The standard InChI is InChI=1S/C13H11N3S/c14-5-10-8-17-13(16-10)12-7-15-6-9-3-1-2-4-11(9)12/h1-4,6-8H,5,14H2. The van der Waals surface area contributed by atoms with Gasteiger partial charge in [-0.2, -0.15) is 0 Å². The Hall–Kier alpha value is -1.78. The molecule has 0 bridgehead atoms. The lowest BCUT2D eigenvalue weighted by atomic mass is 10.1. The van der Waals surface area contributed by atoms with Crippen molar-refractivity contribution in [2.75, 3.05) is 0 Å². The lowest BCUT2D eigenvalue weighted by Crippen LogP contribution is -1.95. The second-order valence-electron chi connectivity index (χ2n) is 3.76. The third-order valence-electron chi connectivity index (χ3n) is 2.66. The summed E-state index contributed by atoms with van der Waals surface area (Å²) in [6, 6.07) is 8.20. The number of hydrogen-bond acceptors (Lipinski definition) is 4. The number of benzene rings is 1. The number of pyridine rings is 1. The monoisotopic (exact) mass is 241 g/mol. The van der Waals surface area contributed by atoms with Crippen LogP contribution in [0.15, 0.2) is 42.0 Å². The van der Waals surface area contributed by atoms with Gasteiger partial charge in [-0.05, 0) is 5.39 Å². The van der Waals surface area contributed by atoms with Crippen molar-refractivity contribution in [2.45, 2.75) is 6.54 Å². The van der Waals surface area contributed by atoms with Gasteiger partial charge in [0, 0.05) is 35.3 Å². The van der Waals surface area contributed by atoms with Crippen LogP contribution in [-0.4, -0.2) is 9.97 Å². The summed E-state index contributed by atoms with van der Waals surface area (Å²) in [4.78, 5) is 8.76. The Morgan fingerprint density at radius 3 is 2.88 bits per heavy atom. The Balaban J connectivity index is 2.23. The third kappa shape index (κ3) is 1.81. The Morgan fingerprint density at radius 2 is 2.06 bits per heavy atom. The molecule has 2 N–H and O–H groups in total. The van der Waals surface area contributed by atoms with E-state index in [1.54, 1.807) is 11.3 Å². The Kier molecular flexibility index (Phi) is 2.59. The van der Waals surface area contributed by atoms with Crippen molar-refractivity contribution >= 4 is 22.1 Å². The average molecular weight is 241 g/mol. The quantitative estimate of drug-likeness (QED) is 0.750. The first-order valence-corrected chi connectivity index (χ1v) is 6.24. The molecule has 4 heteroatoms. The van der Waals surface area contributed by atoms with E-state index < -0.39 is 0 Å². The fourth-order valence-corrected chi connectivity index (χ4v) is 2.67. The first kappa shape index (κ1) is 10.4. The summed E-state index contributed by atoms with van der Waals surface area (Å²) in [6.07, 6.45) is 3.73. The predicted molar refractivity (Wildman–Crippen MR) is 70.7 cm³/mol. The van der Waals surface area contributed by atoms with Crippen LogP contribution in [0.1, 0.15) is 5.69 Å². The van der Waals surface area contributed by atoms with E-state index in [1.807, 2.05) is 29.9 Å². The summed E-state index contributed by atoms with van der Waals surface area (Å²) in [6.45, 7) is 0.481. The summed E-state index contributed by atoms with van der Waals surface area (Å²) in [5.74, 6) is 0. The lowest BCUT2D eigenvalue weighted by Gasteiger charge is -2.02. The number of aromatic nitrogens is 2. The zero-order valence-corrected chi connectivity index (χ0v) is 9.95. The topological polar surface area (TPSA) is 51.8 Å². The molecule has 0 radical (unpaired) electrons. The van der Waals surface area contributed by atoms with Gasteiger partial charge in [0.25, 0.3) is 0 Å². The van der Waals surface area contributed by atoms with Crippen LogP contribution in [0.5, 0.6) is 0 Å². The Bertz CT molecular complexity index is 655. The van der Waals surface area contributed by atoms with Crippen LogP contribution in [-0.2, 0) is 6.54 Å². The highest BCUT2D eigenvalue weighted by Gasteiger charge is 2.07. The molecule has 0 aliphatic carbocycles. The number of fused-ring (bicyclic) bond motifs is 1. The van der Waals surface area contributed by atoms with E-state index in [2.05, 4.69) is 22.1 Å². The van der Waals surface area contributed by atoms with Crippen molar-refractivity contribution in [2.24, 2.45) is 5.73 Å². The van der Waals surface area contributed by atoms with E-state index >= 15 is 0 Å². The van der Waals surface area contributed by atoms with Gasteiger partial charge < -0.3 is 5.73 Å². The molecular formula is C13H11N3S. The Morgan fingerprint density at radius 1 is 1.18 bits per heavy atom. The molecule has 0 saturated heterocycles. The molecule has 0 atom stereocenters. The number of thiazole rings is 1. The molecule has 0 aliphatic heterocycles. The van der Waals surface area contributed by atoms with E-state index in [0.29, 0.717) is 6.54 Å². The fourth-order valence-electron chi connectivity index (χ4n) is 1.81. The summed E-state index contributed by atoms with van der Waals surface area (Å²) < 4.78 is 0. The minimum Gasteiger partial charge on any atom is -0.325 e. The summed E-state index contributed by atoms with van der Waals surface area (Å²) in [7, 11) is 0. The molecule has 0 fully saturated rings. The molecule has 3 nitrogen and oxygen atoms in total. The van der Waals surface area contributed by atoms with E-state index in [4.69, 9.17) is 5.73 Å². The van der Waals surface area contributed by atoms with Crippen LogP contribution < -0.4 is 5.73 Å². The molecule has 0 saturated carbocycles. The maximum absolute atomic E-state index is 5.58. The van der Waals surface area contributed by atoms with Crippen LogP contribution in [0, 0.1) is 0 Å². The van der Waals surface area contributed by atoms with Crippen LogP contribution in [0.4, 0.5) is 0 Å². The minimum atomic E-state index is 0.481. The van der Waals surface area contributed by atoms with Crippen LogP contribution in [0.25, 0.3) is 21.3 Å². The number of hydrogen-bond donors (Lipinski definition) is 1. The van der Waals surface area contributed by atoms with Gasteiger partial charge in [0.05, 0.1) is 5.69 Å². The first-order valence-electron chi connectivity index (χ1n) is 5.36. The molecule has 84 valence electrons. The number of rotatable bonds is 2. The van der Waals surface area contributed by atoms with E-state index in [0.717, 1.165) is 21.7 Å². The van der Waals surface area contributed by atoms with Gasteiger partial charge in [0.15, 0.2) is 0 Å². The van der Waals surface area contributed by atoms with Gasteiger partial charge in [-0.1, -0.05) is 24.3 Å². The Labute approximate surface area is 103 Å². The summed E-state index contributed by atoms with van der Waals surface area (Å²) in [5.41, 5.74) is 7.59. The van der Waals surface area contributed by atoms with Gasteiger partial charge in [0.1, 0.15) is 5.01 Å². The second kappa shape index (κ2) is 4.24. The molecule has 0 unspecified atom stereocenters. The zero-order chi connectivity index (χ0) is 11.7. The largest absolute Gasteiger partial charge is 0.325 e. The normalized spacial score (nSPS) is 10.9. The van der Waals surface area contributed by atoms with Gasteiger partial charge in [0.2, 0.25) is 0 Å². The SMILES string of the molecule is NCc1csc(-c2cncc3ccccc23)n1. The van der Waals surface area contributed by atoms with E-state index in [-0.39, 0.29) is 0 Å². The van der Waals surface area contributed by atoms with Gasteiger partial charge >= 0.3 is 0 Å². The van der Waals surface area contributed by atoms with Crippen LogP contribution >= 0.6 is 11.3 Å². The van der Waals surface area contributed by atoms with Crippen molar-refractivity contribution in [1.29, 1.82) is 0 Å². The molecule has 3 aromatic rings. The predicted octanol–water partition coefficient (Wildman–Crippen LogP) is 2.82. The zero-order valence-electron chi connectivity index (χ0n) is 9.13. The minimum absolute atomic E-state index is 0.481. The number of nitrogens with zero attached hydrogens (tertiary/aromatic N) is 2. The smallest absolute Gasteiger partial charge is 0.125 e. The van der Waals surface area contributed by atoms with Crippen LogP contribution in [0.3, 0.4) is 0 Å². The first-order chi connectivity index (χ1) is 8.38. The highest BCUT2D eigenvalue weighted by Crippen LogP contribution is 2.29. The molecule has 0 spiro atoms. The highest BCUT2D eigenvalue weighted by atomic mass is 32.1. The number of nitrogens with two attached hydrogens (primary N) is 1. The average Bonchev–Trinajstić information content (AvgIpc) is 2.87. The maximum atomic E-state index is 5.58. The van der Waals surface area contributed by atoms with Crippen molar-refractivity contribution < 1.29 is 0 Å². The molecule has 1 aromatic carbocycles. The lowest BCUT2D eigenvalue weighted by molar-refractivity contribution is 1.01. The maximum Gasteiger partial charge on any atom is 0.125 e. The molecule has 0 aliphatic rings. The van der Waals surface area contributed by atoms with E-state index in [9.17, 15) is 0 Å². The second-order valence-corrected chi connectivity index (χ2v) is 4.61. The molecule has 2 aromatic heterocycles. The third-order valence-corrected chi connectivity index (χ3v) is 3.58. The van der Waals surface area contributed by atoms with Crippen molar-refractivity contribution in [3.05, 3.63) is 47.7 Å². The van der Waals surface area contributed by atoms with Gasteiger partial charge in [-0.25, -0.2) is 4.98 Å². The highest BCUT2D eigenvalue weighted by molar-refractivity contribution is 7.13. The van der Waals surface area contributed by atoms with Crippen molar-refractivity contribution in [1.82, 2.24) is 9.97 Å². The van der Waals surface area contributed by atoms with Crippen LogP contribution in [0.2, 0.25) is 0 Å². The van der Waals surface area contributed by atoms with Gasteiger partial charge in [-0.3, -0.25) is 4.98 Å². The van der Waals surface area contributed by atoms with Crippen molar-refractivity contribution in [3.8, 4) is 10.6 Å². The van der Waals surface area contributed by atoms with Crippen molar-refractivity contribution in [3.63, 3.8) is 0 Å². The molecule has 2 heterocycles. The summed E-state index contributed by atoms with van der Waals surface area (Å²) >= 11 is 1.61. The molecule has 3 rings (SSSR count). The molecular weight excluding hydrogens is 230 g/mol. The molecule has 0 amide bonds. The summed E-state index contributed by atoms with van der Waals surface area (Å²) in [5, 5.41) is 5.29. The fraction of sp³-hybridized carbons (Fsp3) is 0.0769. The molecule has 17 heavy (non-hydrogen) atoms. The van der Waals surface area contributed by atoms with Gasteiger partial charge in [-0.15, -0.1) is 11.3 Å². The van der Waals surface area contributed by atoms with E-state index in [1.165, 1.54) is 5.39 Å².